The van der Waals surface area contributed by atoms with E-state index < -0.39 is 11.4 Å². The van der Waals surface area contributed by atoms with E-state index in [2.05, 4.69) is 0 Å². The summed E-state index contributed by atoms with van der Waals surface area (Å²) in [5.41, 5.74) is -0.496. The topological polar surface area (TPSA) is 57.6 Å². The van der Waals surface area contributed by atoms with Gasteiger partial charge in [0.1, 0.15) is 6.54 Å². The Morgan fingerprint density at radius 2 is 1.87 bits per heavy atom. The average molecular weight is 213 g/mol. The van der Waals surface area contributed by atoms with Gasteiger partial charge in [-0.1, -0.05) is 20.8 Å². The summed E-state index contributed by atoms with van der Waals surface area (Å²) in [6.07, 6.45) is 2.24. The van der Waals surface area contributed by atoms with Crippen molar-refractivity contribution < 1.29 is 14.7 Å². The molecule has 1 aliphatic carbocycles. The van der Waals surface area contributed by atoms with Crippen LogP contribution in [0.4, 0.5) is 0 Å². The minimum atomic E-state index is -0.937. The van der Waals surface area contributed by atoms with Gasteiger partial charge in [-0.2, -0.15) is 0 Å². The summed E-state index contributed by atoms with van der Waals surface area (Å²) in [4.78, 5) is 24.0. The van der Waals surface area contributed by atoms with Crippen LogP contribution in [0.3, 0.4) is 0 Å². The number of hydrogen-bond donors (Lipinski definition) is 1. The summed E-state index contributed by atoms with van der Waals surface area (Å²) >= 11 is 0. The molecule has 0 aromatic carbocycles. The maximum atomic E-state index is 11.9. The van der Waals surface area contributed by atoms with Crippen molar-refractivity contribution in [3.8, 4) is 0 Å². The smallest absolute Gasteiger partial charge is 0.323 e. The number of amides is 1. The molecule has 0 radical (unpaired) electrons. The second-order valence-corrected chi connectivity index (χ2v) is 5.27. The second kappa shape index (κ2) is 4.21. The zero-order valence-electron chi connectivity index (χ0n) is 9.62. The van der Waals surface area contributed by atoms with Crippen LogP contribution < -0.4 is 0 Å². The van der Waals surface area contributed by atoms with Gasteiger partial charge in [0.05, 0.1) is 0 Å². The van der Waals surface area contributed by atoms with Crippen molar-refractivity contribution in [3.63, 3.8) is 0 Å². The van der Waals surface area contributed by atoms with E-state index in [-0.39, 0.29) is 12.5 Å². The van der Waals surface area contributed by atoms with Gasteiger partial charge >= 0.3 is 5.97 Å². The van der Waals surface area contributed by atoms with Gasteiger partial charge in [-0.15, -0.1) is 0 Å². The van der Waals surface area contributed by atoms with Crippen LogP contribution in [0.15, 0.2) is 0 Å². The number of rotatable bonds is 4. The van der Waals surface area contributed by atoms with Gasteiger partial charge in [0.25, 0.3) is 0 Å². The number of carboxylic acid groups (broad SMARTS) is 1. The Morgan fingerprint density at radius 1 is 1.33 bits per heavy atom. The summed E-state index contributed by atoms with van der Waals surface area (Å²) in [5.74, 6) is -0.485. The summed E-state index contributed by atoms with van der Waals surface area (Å²) in [6, 6.07) is 0. The number of nitrogens with zero attached hydrogens (tertiary/aromatic N) is 1. The van der Waals surface area contributed by atoms with Crippen molar-refractivity contribution >= 4 is 11.9 Å². The lowest BCUT2D eigenvalue weighted by atomic mass is 9.94. The van der Waals surface area contributed by atoms with Crippen LogP contribution in [-0.2, 0) is 9.59 Å². The molecule has 15 heavy (non-hydrogen) atoms. The molecule has 0 aliphatic heterocycles. The predicted molar refractivity (Wildman–Crippen MR) is 56.4 cm³/mol. The third-order valence-corrected chi connectivity index (χ3v) is 2.43. The van der Waals surface area contributed by atoms with E-state index in [1.54, 1.807) is 0 Å². The molecule has 4 nitrogen and oxygen atoms in total. The van der Waals surface area contributed by atoms with Gasteiger partial charge in [-0.05, 0) is 18.8 Å². The van der Waals surface area contributed by atoms with Crippen molar-refractivity contribution in [2.45, 2.75) is 33.6 Å². The Kier molecular flexibility index (Phi) is 3.37. The fourth-order valence-corrected chi connectivity index (χ4v) is 1.47. The van der Waals surface area contributed by atoms with Crippen molar-refractivity contribution in [2.24, 2.45) is 11.3 Å². The molecule has 1 saturated carbocycles. The largest absolute Gasteiger partial charge is 0.480 e. The van der Waals surface area contributed by atoms with Gasteiger partial charge in [0.15, 0.2) is 0 Å². The Hall–Kier alpha value is -1.06. The highest BCUT2D eigenvalue weighted by Gasteiger charge is 2.32. The molecule has 86 valence electrons. The first-order valence-corrected chi connectivity index (χ1v) is 5.32. The van der Waals surface area contributed by atoms with Crippen LogP contribution >= 0.6 is 0 Å². The number of hydrogen-bond acceptors (Lipinski definition) is 2. The molecule has 4 heteroatoms. The molecule has 0 bridgehead atoms. The summed E-state index contributed by atoms with van der Waals surface area (Å²) in [6.45, 7) is 5.88. The summed E-state index contributed by atoms with van der Waals surface area (Å²) in [7, 11) is 0. The highest BCUT2D eigenvalue weighted by atomic mass is 16.4. The van der Waals surface area contributed by atoms with Crippen LogP contribution in [0, 0.1) is 11.3 Å². The normalized spacial score (nSPS) is 16.2. The molecule has 0 heterocycles. The first-order valence-electron chi connectivity index (χ1n) is 5.32. The molecule has 1 rings (SSSR count). The van der Waals surface area contributed by atoms with Gasteiger partial charge in [0.2, 0.25) is 5.91 Å². The van der Waals surface area contributed by atoms with Crippen molar-refractivity contribution in [2.75, 3.05) is 13.1 Å². The number of carbonyl (C=O) groups is 2. The zero-order valence-corrected chi connectivity index (χ0v) is 9.62. The first-order chi connectivity index (χ1) is 6.80. The fourth-order valence-electron chi connectivity index (χ4n) is 1.47. The van der Waals surface area contributed by atoms with Crippen LogP contribution in [0.2, 0.25) is 0 Å². The van der Waals surface area contributed by atoms with E-state index in [1.807, 2.05) is 20.8 Å². The first kappa shape index (κ1) is 12.0. The quantitative estimate of drug-likeness (QED) is 0.767. The lowest BCUT2D eigenvalue weighted by Gasteiger charge is -2.28. The molecular weight excluding hydrogens is 194 g/mol. The van der Waals surface area contributed by atoms with E-state index in [1.165, 1.54) is 4.90 Å². The maximum absolute atomic E-state index is 11.9. The van der Waals surface area contributed by atoms with Gasteiger partial charge in [0, 0.05) is 12.0 Å². The number of carbonyl (C=O) groups excluding carboxylic acids is 1. The van der Waals surface area contributed by atoms with Gasteiger partial charge in [-0.3, -0.25) is 9.59 Å². The molecule has 1 amide bonds. The highest BCUT2D eigenvalue weighted by molar-refractivity contribution is 5.85. The van der Waals surface area contributed by atoms with E-state index >= 15 is 0 Å². The molecule has 0 aromatic rings. The van der Waals surface area contributed by atoms with E-state index in [4.69, 9.17) is 5.11 Å². The van der Waals surface area contributed by atoms with Crippen LogP contribution in [0.25, 0.3) is 0 Å². The fraction of sp³-hybridized carbons (Fsp3) is 0.818. The third kappa shape index (κ3) is 3.90. The van der Waals surface area contributed by atoms with E-state index in [0.717, 1.165) is 12.8 Å². The number of aliphatic carboxylic acids is 1. The van der Waals surface area contributed by atoms with Crippen LogP contribution in [0.5, 0.6) is 0 Å². The molecule has 0 saturated heterocycles. The van der Waals surface area contributed by atoms with Gasteiger partial charge in [-0.25, -0.2) is 0 Å². The number of carboxylic acids is 1. The zero-order chi connectivity index (χ0) is 11.6. The van der Waals surface area contributed by atoms with E-state index in [9.17, 15) is 9.59 Å². The minimum Gasteiger partial charge on any atom is -0.480 e. The lowest BCUT2D eigenvalue weighted by Crippen LogP contribution is -2.43. The van der Waals surface area contributed by atoms with Crippen LogP contribution in [0.1, 0.15) is 33.6 Å². The Labute approximate surface area is 90.3 Å². The molecule has 0 atom stereocenters. The molecule has 0 unspecified atom stereocenters. The molecule has 0 aromatic heterocycles. The summed E-state index contributed by atoms with van der Waals surface area (Å²) in [5, 5.41) is 8.74. The minimum absolute atomic E-state index is 0.0724. The van der Waals surface area contributed by atoms with Gasteiger partial charge < -0.3 is 10.0 Å². The van der Waals surface area contributed by atoms with E-state index in [0.29, 0.717) is 12.5 Å². The lowest BCUT2D eigenvalue weighted by molar-refractivity contribution is -0.148. The Bertz CT molecular complexity index is 263. The predicted octanol–water partition coefficient (Wildman–Crippen LogP) is 1.36. The molecule has 0 spiro atoms. The molecule has 1 N–H and O–H groups in total. The second-order valence-electron chi connectivity index (χ2n) is 5.27. The SMILES string of the molecule is CC(C)(C)C(=O)N(CC(=O)O)CC1CC1. The molecule has 1 aliphatic rings. The van der Waals surface area contributed by atoms with Crippen molar-refractivity contribution in [3.05, 3.63) is 0 Å². The maximum Gasteiger partial charge on any atom is 0.323 e. The third-order valence-electron chi connectivity index (χ3n) is 2.43. The standard InChI is InChI=1S/C11H19NO3/c1-11(2,3)10(15)12(7-9(13)14)6-8-4-5-8/h8H,4-7H2,1-3H3,(H,13,14). The van der Waals surface area contributed by atoms with Crippen molar-refractivity contribution in [1.29, 1.82) is 0 Å². The summed E-state index contributed by atoms with van der Waals surface area (Å²) < 4.78 is 0. The molecule has 1 fully saturated rings. The monoisotopic (exact) mass is 213 g/mol. The average Bonchev–Trinajstić information content (AvgIpc) is 2.83. The highest BCUT2D eigenvalue weighted by Crippen LogP contribution is 2.31. The molecular formula is C11H19NO3. The van der Waals surface area contributed by atoms with Crippen molar-refractivity contribution in [1.82, 2.24) is 4.90 Å². The van der Waals surface area contributed by atoms with Crippen LogP contribution in [-0.4, -0.2) is 35.0 Å². The Morgan fingerprint density at radius 3 is 2.20 bits per heavy atom. The Balaban J connectivity index is 2.61.